The number of anilines is 3. The van der Waals surface area contributed by atoms with Crippen molar-refractivity contribution in [3.63, 3.8) is 0 Å². The minimum atomic E-state index is -0.378. The molecule has 4 aliphatic carbocycles. The highest BCUT2D eigenvalue weighted by molar-refractivity contribution is 6.21. The van der Waals surface area contributed by atoms with Crippen molar-refractivity contribution in [2.45, 2.75) is 77.0 Å². The van der Waals surface area contributed by atoms with Gasteiger partial charge in [-0.3, -0.25) is 0 Å². The lowest BCUT2D eigenvalue weighted by Gasteiger charge is -2.32. The molecule has 0 N–H and O–H groups in total. The van der Waals surface area contributed by atoms with E-state index in [9.17, 15) is 0 Å². The molecule has 0 radical (unpaired) electrons. The van der Waals surface area contributed by atoms with E-state index in [-0.39, 0.29) is 21.7 Å². The summed E-state index contributed by atoms with van der Waals surface area (Å²) >= 11 is 0. The van der Waals surface area contributed by atoms with Gasteiger partial charge < -0.3 is 18.2 Å². The number of nitrogens with zero attached hydrogens (tertiary/aromatic N) is 1. The quantitative estimate of drug-likeness (QED) is 0.177. The number of furan rings is 3. The number of fused-ring (bicyclic) bond motifs is 25. The highest BCUT2D eigenvalue weighted by Crippen LogP contribution is 2.64. The van der Waals surface area contributed by atoms with Crippen LogP contribution in [0.25, 0.3) is 110 Å². The van der Waals surface area contributed by atoms with E-state index in [2.05, 4.69) is 236 Å². The predicted molar refractivity (Wildman–Crippen MR) is 313 cm³/mol. The van der Waals surface area contributed by atoms with E-state index >= 15 is 0 Å². The SMILES string of the molecule is CC1(C)c2cc(N(c3ccc4c(c3)C(C)(C)c3c5c(c6c(oc7ccccc76)c3-4)-c3ccccc3C5(C)C)c3cccc4c3oc3ccccc34)ccc2-c2cc3c(cc21)-c1c(ccc2oc4ccccc4c12)C3(C)C. The van der Waals surface area contributed by atoms with E-state index in [1.807, 2.05) is 0 Å². The first-order valence-electron chi connectivity index (χ1n) is 27.0. The summed E-state index contributed by atoms with van der Waals surface area (Å²) in [5.41, 5.74) is 28.7. The van der Waals surface area contributed by atoms with E-state index in [0.717, 1.165) is 61.3 Å². The summed E-state index contributed by atoms with van der Waals surface area (Å²) in [6.07, 6.45) is 0. The van der Waals surface area contributed by atoms with Gasteiger partial charge >= 0.3 is 0 Å². The van der Waals surface area contributed by atoms with E-state index in [4.69, 9.17) is 13.3 Å². The van der Waals surface area contributed by atoms with Gasteiger partial charge in [-0.15, -0.1) is 0 Å². The van der Waals surface area contributed by atoms with Crippen molar-refractivity contribution in [2.24, 2.45) is 0 Å². The van der Waals surface area contributed by atoms with Crippen molar-refractivity contribution in [1.82, 2.24) is 0 Å². The number of hydrogen-bond acceptors (Lipinski definition) is 4. The molecule has 0 saturated carbocycles. The summed E-state index contributed by atoms with van der Waals surface area (Å²) in [6, 6.07) is 65.2. The fourth-order valence-corrected chi connectivity index (χ4v) is 15.4. The second-order valence-corrected chi connectivity index (χ2v) is 24.3. The van der Waals surface area contributed by atoms with Crippen LogP contribution in [0.5, 0.6) is 0 Å². The molecule has 17 rings (SSSR count). The molecule has 364 valence electrons. The van der Waals surface area contributed by atoms with Gasteiger partial charge in [0.05, 0.1) is 5.69 Å². The molecule has 0 saturated heterocycles. The highest BCUT2D eigenvalue weighted by Gasteiger charge is 2.49. The second kappa shape index (κ2) is 13.8. The first kappa shape index (κ1) is 42.7. The van der Waals surface area contributed by atoms with E-state index in [0.29, 0.717) is 0 Å². The molecule has 0 aliphatic heterocycles. The van der Waals surface area contributed by atoms with E-state index in [1.165, 1.54) is 111 Å². The molecule has 0 amide bonds. The maximum absolute atomic E-state index is 7.10. The Morgan fingerprint density at radius 1 is 0.303 bits per heavy atom. The molecule has 4 heteroatoms. The Labute approximate surface area is 440 Å². The van der Waals surface area contributed by atoms with Crippen LogP contribution in [0.1, 0.15) is 99.9 Å². The second-order valence-electron chi connectivity index (χ2n) is 24.3. The molecule has 13 aromatic rings. The third-order valence-corrected chi connectivity index (χ3v) is 19.0. The summed E-state index contributed by atoms with van der Waals surface area (Å²) in [7, 11) is 0. The molecule has 0 bridgehead atoms. The van der Waals surface area contributed by atoms with Crippen molar-refractivity contribution in [2.75, 3.05) is 4.90 Å². The Morgan fingerprint density at radius 3 is 1.59 bits per heavy atom. The maximum Gasteiger partial charge on any atom is 0.159 e. The summed E-state index contributed by atoms with van der Waals surface area (Å²) < 4.78 is 20.5. The summed E-state index contributed by atoms with van der Waals surface area (Å²) in [6.45, 7) is 19.3. The lowest BCUT2D eigenvalue weighted by atomic mass is 9.72. The van der Waals surface area contributed by atoms with Crippen LogP contribution < -0.4 is 4.90 Å². The molecule has 0 unspecified atom stereocenters. The van der Waals surface area contributed by atoms with Crippen molar-refractivity contribution in [3.8, 4) is 44.5 Å². The van der Waals surface area contributed by atoms with E-state index < -0.39 is 0 Å². The molecule has 4 nitrogen and oxygen atoms in total. The first-order chi connectivity index (χ1) is 36.7. The Morgan fingerprint density at radius 2 is 0.829 bits per heavy atom. The zero-order valence-corrected chi connectivity index (χ0v) is 43.9. The van der Waals surface area contributed by atoms with Crippen molar-refractivity contribution >= 4 is 82.9 Å². The summed E-state index contributed by atoms with van der Waals surface area (Å²) in [5, 5.41) is 6.98. The largest absolute Gasteiger partial charge is 0.456 e. The maximum atomic E-state index is 7.10. The Balaban J connectivity index is 0.881. The molecule has 76 heavy (non-hydrogen) atoms. The van der Waals surface area contributed by atoms with Crippen LogP contribution in [-0.2, 0) is 21.7 Å². The Kier molecular flexibility index (Phi) is 7.76. The van der Waals surface area contributed by atoms with E-state index in [1.54, 1.807) is 0 Å². The molecule has 0 fully saturated rings. The topological polar surface area (TPSA) is 42.7 Å². The molecule has 4 aliphatic rings. The minimum absolute atomic E-state index is 0.196. The smallest absolute Gasteiger partial charge is 0.159 e. The van der Waals surface area contributed by atoms with Gasteiger partial charge in [-0.1, -0.05) is 165 Å². The average molecular weight is 980 g/mol. The molecule has 0 atom stereocenters. The molecule has 10 aromatic carbocycles. The van der Waals surface area contributed by atoms with Gasteiger partial charge in [0.15, 0.2) is 5.58 Å². The van der Waals surface area contributed by atoms with Crippen molar-refractivity contribution < 1.29 is 13.3 Å². The number of rotatable bonds is 3. The lowest BCUT2D eigenvalue weighted by Crippen LogP contribution is -2.24. The van der Waals surface area contributed by atoms with Crippen molar-refractivity contribution in [1.29, 1.82) is 0 Å². The van der Waals surface area contributed by atoms with Gasteiger partial charge in [0.25, 0.3) is 0 Å². The molecular weight excluding hydrogens is 927 g/mol. The third kappa shape index (κ3) is 5.02. The third-order valence-electron chi connectivity index (χ3n) is 19.0. The van der Waals surface area contributed by atoms with Crippen LogP contribution in [0.2, 0.25) is 0 Å². The monoisotopic (exact) mass is 979 g/mol. The zero-order valence-electron chi connectivity index (χ0n) is 43.9. The standard InChI is InChI=1S/C72H53NO3/c1-69(2)50-32-33-59-61(45-20-11-15-26-57(45)74-59)60(50)48-37-53-47(36-54(48)69)40-30-28-38(34-51(40)70(53,3)4)73(55-24-17-22-42-41-18-10-14-25-56(41)75-67(42)55)39-29-31-44-52(35-39)72(7,8)66-64(44)68-63(46-21-12-16-27-58(46)76-68)62-43-19-9-13-23-49(43)71(5,6)65(62)66/h9-37H,1-8H3. The normalized spacial score (nSPS) is 16.3. The van der Waals surface area contributed by atoms with Crippen LogP contribution in [0.4, 0.5) is 17.1 Å². The van der Waals surface area contributed by atoms with Gasteiger partial charge in [-0.2, -0.15) is 0 Å². The highest BCUT2D eigenvalue weighted by atomic mass is 16.3. The predicted octanol–water partition coefficient (Wildman–Crippen LogP) is 20.1. The lowest BCUT2D eigenvalue weighted by molar-refractivity contribution is 0.600. The number of hydrogen-bond donors (Lipinski definition) is 0. The van der Waals surface area contributed by atoms with Crippen LogP contribution >= 0.6 is 0 Å². The van der Waals surface area contributed by atoms with Crippen molar-refractivity contribution in [3.05, 3.63) is 220 Å². The molecule has 3 heterocycles. The van der Waals surface area contributed by atoms with Gasteiger partial charge in [0.1, 0.15) is 27.9 Å². The summed E-state index contributed by atoms with van der Waals surface area (Å²) in [4.78, 5) is 2.46. The molecule has 3 aromatic heterocycles. The molecular formula is C72H53NO3. The average Bonchev–Trinajstić information content (AvgIpc) is 4.42. The first-order valence-corrected chi connectivity index (χ1v) is 27.0. The number of benzene rings is 10. The Bertz CT molecular complexity index is 4830. The van der Waals surface area contributed by atoms with Crippen LogP contribution in [0.3, 0.4) is 0 Å². The van der Waals surface area contributed by atoms with Crippen LogP contribution in [-0.4, -0.2) is 0 Å². The van der Waals surface area contributed by atoms with Gasteiger partial charge in [-0.05, 0) is 150 Å². The van der Waals surface area contributed by atoms with Crippen LogP contribution in [0.15, 0.2) is 189 Å². The number of para-hydroxylation sites is 4. The van der Waals surface area contributed by atoms with Crippen LogP contribution in [0, 0.1) is 0 Å². The van der Waals surface area contributed by atoms with Gasteiger partial charge in [-0.25, -0.2) is 0 Å². The zero-order chi connectivity index (χ0) is 51.1. The summed E-state index contributed by atoms with van der Waals surface area (Å²) in [5.74, 6) is 0. The fraction of sp³-hybridized carbons (Fsp3) is 0.167. The van der Waals surface area contributed by atoms with Gasteiger partial charge in [0, 0.05) is 70.9 Å². The Hall–Kier alpha value is -8.60. The molecule has 0 spiro atoms. The minimum Gasteiger partial charge on any atom is -0.456 e. The van der Waals surface area contributed by atoms with Gasteiger partial charge in [0.2, 0.25) is 0 Å². The fourth-order valence-electron chi connectivity index (χ4n) is 15.4.